The average molecular weight is 452 g/mol. The van der Waals surface area contributed by atoms with Gasteiger partial charge in [0.1, 0.15) is 11.8 Å². The topological polar surface area (TPSA) is 115 Å². The number of anilines is 1. The second-order valence-corrected chi connectivity index (χ2v) is 9.25. The predicted octanol–water partition coefficient (Wildman–Crippen LogP) is 4.03. The van der Waals surface area contributed by atoms with Crippen LogP contribution in [-0.4, -0.2) is 30.4 Å². The zero-order valence-corrected chi connectivity index (χ0v) is 18.7. The van der Waals surface area contributed by atoms with Gasteiger partial charge in [0, 0.05) is 22.0 Å². The van der Waals surface area contributed by atoms with Gasteiger partial charge in [0.05, 0.1) is 24.9 Å². The van der Waals surface area contributed by atoms with Crippen LogP contribution in [0.1, 0.15) is 43.9 Å². The van der Waals surface area contributed by atoms with Crippen LogP contribution in [-0.2, 0) is 17.9 Å². The molecule has 166 valence electrons. The SMILES string of the molecule is CC1CCCC(C(=O)NCc2cc3cc(Cl)cc(Cn4cnc5c(N)ncnc54)c3[nH]2)C1. The van der Waals surface area contributed by atoms with Gasteiger partial charge in [0.25, 0.3) is 0 Å². The Morgan fingerprint density at radius 2 is 2.16 bits per heavy atom. The minimum Gasteiger partial charge on any atom is -0.382 e. The summed E-state index contributed by atoms with van der Waals surface area (Å²) in [6, 6.07) is 5.90. The van der Waals surface area contributed by atoms with E-state index >= 15 is 0 Å². The van der Waals surface area contributed by atoms with E-state index in [0.29, 0.717) is 41.0 Å². The van der Waals surface area contributed by atoms with Crippen molar-refractivity contribution in [1.82, 2.24) is 29.8 Å². The van der Waals surface area contributed by atoms with E-state index in [1.165, 1.54) is 12.7 Å². The van der Waals surface area contributed by atoms with E-state index in [2.05, 4.69) is 32.2 Å². The average Bonchev–Trinajstić information content (AvgIpc) is 3.37. The number of carbonyl (C=O) groups excluding carboxylic acids is 1. The van der Waals surface area contributed by atoms with Crippen LogP contribution in [0, 0.1) is 11.8 Å². The summed E-state index contributed by atoms with van der Waals surface area (Å²) in [5.74, 6) is 1.25. The summed E-state index contributed by atoms with van der Waals surface area (Å²) in [5, 5.41) is 4.76. The number of H-pyrrole nitrogens is 1. The van der Waals surface area contributed by atoms with E-state index in [-0.39, 0.29) is 11.8 Å². The fraction of sp³-hybridized carbons (Fsp3) is 0.391. The van der Waals surface area contributed by atoms with Crippen molar-refractivity contribution in [2.75, 3.05) is 5.73 Å². The maximum atomic E-state index is 12.6. The van der Waals surface area contributed by atoms with Crippen LogP contribution in [0.15, 0.2) is 30.9 Å². The Hall–Kier alpha value is -3.13. The molecule has 3 heterocycles. The van der Waals surface area contributed by atoms with Gasteiger partial charge < -0.3 is 20.6 Å². The number of hydrogen-bond acceptors (Lipinski definition) is 5. The lowest BCUT2D eigenvalue weighted by Crippen LogP contribution is -2.33. The second-order valence-electron chi connectivity index (χ2n) is 8.81. The summed E-state index contributed by atoms with van der Waals surface area (Å²) in [7, 11) is 0. The lowest BCUT2D eigenvalue weighted by molar-refractivity contribution is -0.126. The van der Waals surface area contributed by atoms with E-state index in [1.807, 2.05) is 22.8 Å². The third kappa shape index (κ3) is 4.02. The van der Waals surface area contributed by atoms with E-state index in [0.717, 1.165) is 41.4 Å². The van der Waals surface area contributed by atoms with Crippen molar-refractivity contribution in [3.05, 3.63) is 47.1 Å². The number of imidazole rings is 1. The highest BCUT2D eigenvalue weighted by Gasteiger charge is 2.24. The smallest absolute Gasteiger partial charge is 0.223 e. The van der Waals surface area contributed by atoms with Crippen molar-refractivity contribution in [2.24, 2.45) is 11.8 Å². The lowest BCUT2D eigenvalue weighted by Gasteiger charge is -2.25. The first-order chi connectivity index (χ1) is 15.5. The molecule has 1 aromatic carbocycles. The molecule has 1 fully saturated rings. The van der Waals surface area contributed by atoms with Crippen molar-refractivity contribution in [3.8, 4) is 0 Å². The zero-order valence-electron chi connectivity index (χ0n) is 17.9. The molecule has 0 spiro atoms. The number of carbonyl (C=O) groups is 1. The third-order valence-electron chi connectivity index (χ3n) is 6.36. The van der Waals surface area contributed by atoms with E-state index in [1.54, 1.807) is 6.33 Å². The maximum absolute atomic E-state index is 12.6. The maximum Gasteiger partial charge on any atom is 0.223 e. The Bertz CT molecular complexity index is 1290. The normalized spacial score (nSPS) is 18.9. The standard InChI is InChI=1S/C23H26ClN7O/c1-13-3-2-4-14(5-13)23(32)26-9-18-8-15-6-17(24)7-16(19(15)30-18)10-31-12-29-20-21(25)27-11-28-22(20)31/h6-8,11-14,30H,2-5,9-10H2,1H3,(H,26,32)(H2,25,27,28). The van der Waals surface area contributed by atoms with Gasteiger partial charge in [0.2, 0.25) is 5.91 Å². The number of rotatable bonds is 5. The van der Waals surface area contributed by atoms with Crippen molar-refractivity contribution in [1.29, 1.82) is 0 Å². The first-order valence-electron chi connectivity index (χ1n) is 11.0. The molecule has 1 saturated carbocycles. The number of halogens is 1. The molecule has 1 amide bonds. The van der Waals surface area contributed by atoms with Gasteiger partial charge >= 0.3 is 0 Å². The molecule has 2 atom stereocenters. The van der Waals surface area contributed by atoms with E-state index in [9.17, 15) is 4.79 Å². The van der Waals surface area contributed by atoms with E-state index < -0.39 is 0 Å². The summed E-state index contributed by atoms with van der Waals surface area (Å²) in [6.07, 6.45) is 7.46. The molecular weight excluding hydrogens is 426 g/mol. The molecule has 4 aromatic rings. The number of nitrogens with two attached hydrogens (primary N) is 1. The molecule has 0 bridgehead atoms. The Balaban J connectivity index is 1.37. The molecular formula is C23H26ClN7O. The first kappa shape index (κ1) is 20.8. The number of benzene rings is 1. The van der Waals surface area contributed by atoms with Crippen LogP contribution in [0.25, 0.3) is 22.1 Å². The monoisotopic (exact) mass is 451 g/mol. The van der Waals surface area contributed by atoms with Crippen LogP contribution in [0.4, 0.5) is 5.82 Å². The van der Waals surface area contributed by atoms with Gasteiger partial charge in [-0.2, -0.15) is 0 Å². The third-order valence-corrected chi connectivity index (χ3v) is 6.58. The number of nitrogen functional groups attached to an aromatic ring is 1. The highest BCUT2D eigenvalue weighted by Crippen LogP contribution is 2.29. The number of aromatic nitrogens is 5. The molecule has 0 aliphatic heterocycles. The molecule has 0 saturated heterocycles. The van der Waals surface area contributed by atoms with Crippen molar-refractivity contribution in [2.45, 2.75) is 45.7 Å². The van der Waals surface area contributed by atoms with Crippen LogP contribution < -0.4 is 11.1 Å². The minimum atomic E-state index is 0.122. The zero-order chi connectivity index (χ0) is 22.2. The molecule has 8 nitrogen and oxygen atoms in total. The number of fused-ring (bicyclic) bond motifs is 2. The summed E-state index contributed by atoms with van der Waals surface area (Å²) < 4.78 is 1.92. The first-order valence-corrected chi connectivity index (χ1v) is 11.3. The predicted molar refractivity (Wildman–Crippen MR) is 125 cm³/mol. The molecule has 32 heavy (non-hydrogen) atoms. The molecule has 1 aliphatic carbocycles. The largest absolute Gasteiger partial charge is 0.382 e. The second kappa shape index (κ2) is 8.43. The molecule has 5 rings (SSSR count). The molecule has 1 aliphatic rings. The molecule has 2 unspecified atom stereocenters. The molecule has 9 heteroatoms. The van der Waals surface area contributed by atoms with Crippen molar-refractivity contribution < 1.29 is 4.79 Å². The minimum absolute atomic E-state index is 0.122. The number of hydrogen-bond donors (Lipinski definition) is 3. The van der Waals surface area contributed by atoms with Crippen LogP contribution in [0.5, 0.6) is 0 Å². The van der Waals surface area contributed by atoms with Crippen LogP contribution in [0.2, 0.25) is 5.02 Å². The Kier molecular flexibility index (Phi) is 5.46. The van der Waals surface area contributed by atoms with Crippen molar-refractivity contribution in [3.63, 3.8) is 0 Å². The number of amides is 1. The fourth-order valence-corrected chi connectivity index (χ4v) is 5.00. The van der Waals surface area contributed by atoms with E-state index in [4.69, 9.17) is 17.3 Å². The summed E-state index contributed by atoms with van der Waals surface area (Å²) >= 11 is 6.41. The summed E-state index contributed by atoms with van der Waals surface area (Å²) in [4.78, 5) is 28.8. The highest BCUT2D eigenvalue weighted by atomic mass is 35.5. The van der Waals surface area contributed by atoms with Gasteiger partial charge in [-0.3, -0.25) is 4.79 Å². The van der Waals surface area contributed by atoms with Gasteiger partial charge in [-0.05, 0) is 42.5 Å². The Morgan fingerprint density at radius 1 is 1.28 bits per heavy atom. The van der Waals surface area contributed by atoms with Gasteiger partial charge in [-0.15, -0.1) is 0 Å². The number of aromatic amines is 1. The lowest BCUT2D eigenvalue weighted by atomic mass is 9.82. The van der Waals surface area contributed by atoms with Gasteiger partial charge in [-0.25, -0.2) is 15.0 Å². The van der Waals surface area contributed by atoms with Crippen LogP contribution in [0.3, 0.4) is 0 Å². The quantitative estimate of drug-likeness (QED) is 0.423. The fourth-order valence-electron chi connectivity index (χ4n) is 4.75. The summed E-state index contributed by atoms with van der Waals surface area (Å²) in [5.41, 5.74) is 10.1. The Morgan fingerprint density at radius 3 is 3.00 bits per heavy atom. The molecule has 4 N–H and O–H groups in total. The summed E-state index contributed by atoms with van der Waals surface area (Å²) in [6.45, 7) is 3.22. The molecule has 0 radical (unpaired) electrons. The Labute approximate surface area is 190 Å². The number of nitrogens with one attached hydrogen (secondary N) is 2. The highest BCUT2D eigenvalue weighted by molar-refractivity contribution is 6.31. The van der Waals surface area contributed by atoms with Gasteiger partial charge in [-0.1, -0.05) is 31.4 Å². The molecule has 3 aromatic heterocycles. The number of nitrogens with zero attached hydrogens (tertiary/aromatic N) is 4. The van der Waals surface area contributed by atoms with Crippen molar-refractivity contribution >= 4 is 45.4 Å². The van der Waals surface area contributed by atoms with Gasteiger partial charge in [0.15, 0.2) is 11.5 Å². The van der Waals surface area contributed by atoms with Crippen LogP contribution >= 0.6 is 11.6 Å².